The molecule has 284 valence electrons. The second kappa shape index (κ2) is 15.4. The van der Waals surface area contributed by atoms with Gasteiger partial charge in [0.1, 0.15) is 11.6 Å². The Balaban J connectivity index is 0.00000514. The summed E-state index contributed by atoms with van der Waals surface area (Å²) in [6, 6.07) is 42.1. The molecule has 0 aliphatic rings. The molecule has 2 heterocycles. The van der Waals surface area contributed by atoms with E-state index in [-0.39, 0.29) is 37.6 Å². The molecule has 0 saturated carbocycles. The van der Waals surface area contributed by atoms with E-state index in [9.17, 15) is 5.11 Å². The van der Waals surface area contributed by atoms with E-state index in [4.69, 9.17) is 9.97 Å². The van der Waals surface area contributed by atoms with Crippen molar-refractivity contribution in [3.8, 4) is 56.3 Å². The number of fused-ring (bicyclic) bond motifs is 1. The summed E-state index contributed by atoms with van der Waals surface area (Å²) < 4.78 is 2.18. The van der Waals surface area contributed by atoms with Gasteiger partial charge in [-0.3, -0.25) is 9.55 Å². The van der Waals surface area contributed by atoms with Gasteiger partial charge < -0.3 is 5.11 Å². The first kappa shape index (κ1) is 39.9. The van der Waals surface area contributed by atoms with E-state index in [1.165, 1.54) is 27.8 Å². The molecule has 0 aliphatic heterocycles. The summed E-state index contributed by atoms with van der Waals surface area (Å²) in [6.07, 6.45) is 1.92. The van der Waals surface area contributed by atoms with Crippen molar-refractivity contribution in [2.75, 3.05) is 0 Å². The molecule has 0 aliphatic carbocycles. The van der Waals surface area contributed by atoms with Gasteiger partial charge in [0.05, 0.1) is 16.6 Å². The van der Waals surface area contributed by atoms with Gasteiger partial charge in [0, 0.05) is 38.6 Å². The van der Waals surface area contributed by atoms with Gasteiger partial charge in [0.15, 0.2) is 0 Å². The van der Waals surface area contributed by atoms with Crippen LogP contribution in [-0.4, -0.2) is 19.6 Å². The van der Waals surface area contributed by atoms with E-state index in [0.29, 0.717) is 23.2 Å². The molecule has 7 aromatic rings. The second-order valence-corrected chi connectivity index (χ2v) is 17.3. The van der Waals surface area contributed by atoms with Crippen LogP contribution in [-0.2, 0) is 31.9 Å². The number of phenols is 1. The molecule has 5 aromatic carbocycles. The Labute approximate surface area is 342 Å². The van der Waals surface area contributed by atoms with Crippen LogP contribution < -0.4 is 0 Å². The van der Waals surface area contributed by atoms with Gasteiger partial charge in [-0.25, -0.2) is 4.98 Å². The normalized spacial score (nSPS) is 12.1. The first-order valence-electron chi connectivity index (χ1n) is 19.2. The average molecular weight is 906 g/mol. The zero-order valence-corrected chi connectivity index (χ0v) is 36.0. The van der Waals surface area contributed by atoms with Crippen LogP contribution in [0.2, 0.25) is 0 Å². The van der Waals surface area contributed by atoms with E-state index >= 15 is 0 Å². The number of aromatic nitrogens is 3. The first-order valence-corrected chi connectivity index (χ1v) is 19.2. The molecule has 0 unspecified atom stereocenters. The van der Waals surface area contributed by atoms with Crippen molar-refractivity contribution >= 4 is 11.0 Å². The molecule has 2 aromatic heterocycles. The van der Waals surface area contributed by atoms with E-state index in [2.05, 4.69) is 147 Å². The monoisotopic (exact) mass is 905 g/mol. The van der Waals surface area contributed by atoms with Crippen molar-refractivity contribution < 1.29 is 26.2 Å². The van der Waals surface area contributed by atoms with Gasteiger partial charge in [-0.2, -0.15) is 0 Å². The topological polar surface area (TPSA) is 50.9 Å². The van der Waals surface area contributed by atoms with E-state index in [0.717, 1.165) is 44.7 Å². The molecule has 7 rings (SSSR count). The molecule has 0 radical (unpaired) electrons. The summed E-state index contributed by atoms with van der Waals surface area (Å²) in [6.45, 7) is 22.5. The molecule has 55 heavy (non-hydrogen) atoms. The first-order chi connectivity index (χ1) is 25.6. The van der Waals surface area contributed by atoms with Crippen molar-refractivity contribution in [3.05, 3.63) is 144 Å². The van der Waals surface area contributed by atoms with Crippen molar-refractivity contribution in [2.24, 2.45) is 0 Å². The molecule has 0 bridgehead atoms. The van der Waals surface area contributed by atoms with Gasteiger partial charge in [0.25, 0.3) is 0 Å². The van der Waals surface area contributed by atoms with Crippen LogP contribution in [0.1, 0.15) is 103 Å². The Kier molecular flexibility index (Phi) is 11.2. The number of benzene rings is 5. The summed E-state index contributed by atoms with van der Waals surface area (Å²) in [4.78, 5) is 10.3. The fourth-order valence-corrected chi connectivity index (χ4v) is 7.07. The SMILES string of the molecule is CC(C)c1cc(-c2cc(-c3cc(C(C)(C)C)ccn3)[c-]c(-c3cc(C(C)(C)C)cc4c3nc(-c3ccccc3O)n4-c3ccccc3)c2)cc(C(C)C)c1.[Pt]. The Hall–Kier alpha value is -4.79. The number of pyridine rings is 1. The minimum atomic E-state index is -0.162. The minimum Gasteiger partial charge on any atom is -0.507 e. The molecule has 0 fully saturated rings. The predicted octanol–water partition coefficient (Wildman–Crippen LogP) is 13.4. The molecular formula is C50H52N3OPt-. The van der Waals surface area contributed by atoms with Crippen LogP contribution in [0.25, 0.3) is 61.6 Å². The molecule has 0 spiro atoms. The minimum absolute atomic E-state index is 0. The standard InChI is InChI=1S/C50H52N3O.Pt/c1-31(2)33-22-34(32(3)4)24-35(23-33)36-25-37(27-38(26-36)44-29-39(20-21-51-44)49(5,6)7)43-28-40(50(8,9)10)30-45-47(43)52-48(42-18-14-15-19-46(42)54)53(45)41-16-12-11-13-17-41;/h11-26,28-32,54H,1-10H3;/q-1;. The van der Waals surface area contributed by atoms with Crippen LogP contribution in [0.3, 0.4) is 0 Å². The number of aromatic hydroxyl groups is 1. The van der Waals surface area contributed by atoms with Gasteiger partial charge in [-0.1, -0.05) is 147 Å². The summed E-state index contributed by atoms with van der Waals surface area (Å²) in [5.41, 5.74) is 14.4. The van der Waals surface area contributed by atoms with Gasteiger partial charge >= 0.3 is 0 Å². The average Bonchev–Trinajstić information content (AvgIpc) is 3.53. The van der Waals surface area contributed by atoms with E-state index in [1.807, 2.05) is 42.6 Å². The number of phenolic OH excluding ortho intramolecular Hbond substituents is 1. The maximum Gasteiger partial charge on any atom is 0.148 e. The third kappa shape index (κ3) is 8.12. The third-order valence-electron chi connectivity index (χ3n) is 10.5. The van der Waals surface area contributed by atoms with Crippen LogP contribution in [0.5, 0.6) is 5.75 Å². The maximum atomic E-state index is 11.2. The summed E-state index contributed by atoms with van der Waals surface area (Å²) in [7, 11) is 0. The predicted molar refractivity (Wildman–Crippen MR) is 227 cm³/mol. The largest absolute Gasteiger partial charge is 0.507 e. The number of nitrogens with zero attached hydrogens (tertiary/aromatic N) is 3. The third-order valence-corrected chi connectivity index (χ3v) is 10.5. The molecular weight excluding hydrogens is 854 g/mol. The molecule has 4 nitrogen and oxygen atoms in total. The molecule has 0 atom stereocenters. The number of para-hydroxylation sites is 2. The van der Waals surface area contributed by atoms with Gasteiger partial charge in [0.2, 0.25) is 0 Å². The van der Waals surface area contributed by atoms with Crippen LogP contribution in [0.4, 0.5) is 0 Å². The van der Waals surface area contributed by atoms with Gasteiger partial charge in [-0.05, 0) is 86.9 Å². The Morgan fingerprint density at radius 1 is 0.618 bits per heavy atom. The number of hydrogen-bond donors (Lipinski definition) is 1. The Morgan fingerprint density at radius 2 is 1.22 bits per heavy atom. The Morgan fingerprint density at radius 3 is 1.84 bits per heavy atom. The van der Waals surface area contributed by atoms with Crippen LogP contribution in [0, 0.1) is 6.07 Å². The molecule has 1 N–H and O–H groups in total. The molecule has 0 saturated heterocycles. The fraction of sp³-hybridized carbons (Fsp3) is 0.280. The summed E-state index contributed by atoms with van der Waals surface area (Å²) in [5.74, 6) is 1.65. The number of hydrogen-bond acceptors (Lipinski definition) is 3. The van der Waals surface area contributed by atoms with E-state index in [1.54, 1.807) is 6.07 Å². The Bertz CT molecular complexity index is 2450. The number of imidazole rings is 1. The smallest absolute Gasteiger partial charge is 0.148 e. The van der Waals surface area contributed by atoms with Crippen molar-refractivity contribution in [2.45, 2.75) is 91.9 Å². The molecule has 0 amide bonds. The zero-order valence-electron chi connectivity index (χ0n) is 33.7. The fourth-order valence-electron chi connectivity index (χ4n) is 7.07. The van der Waals surface area contributed by atoms with Crippen LogP contribution >= 0.6 is 0 Å². The second-order valence-electron chi connectivity index (χ2n) is 17.3. The van der Waals surface area contributed by atoms with Crippen molar-refractivity contribution in [3.63, 3.8) is 0 Å². The maximum absolute atomic E-state index is 11.2. The summed E-state index contributed by atoms with van der Waals surface area (Å²) in [5, 5.41) is 11.2. The van der Waals surface area contributed by atoms with Gasteiger partial charge in [-0.15, -0.1) is 23.8 Å². The number of rotatable bonds is 7. The van der Waals surface area contributed by atoms with Crippen molar-refractivity contribution in [1.82, 2.24) is 14.5 Å². The van der Waals surface area contributed by atoms with E-state index < -0.39 is 0 Å². The quantitative estimate of drug-likeness (QED) is 0.162. The zero-order chi connectivity index (χ0) is 38.5. The summed E-state index contributed by atoms with van der Waals surface area (Å²) >= 11 is 0. The van der Waals surface area contributed by atoms with Crippen LogP contribution in [0.15, 0.2) is 115 Å². The molecule has 5 heteroatoms. The van der Waals surface area contributed by atoms with Crippen molar-refractivity contribution in [1.29, 1.82) is 0 Å².